The molecule has 1 aromatic rings. The summed E-state index contributed by atoms with van der Waals surface area (Å²) in [5.41, 5.74) is 4.12. The molecule has 0 saturated carbocycles. The van der Waals surface area contributed by atoms with Gasteiger partial charge in [-0.25, -0.2) is 0 Å². The first-order valence-electron chi connectivity index (χ1n) is 6.14. The van der Waals surface area contributed by atoms with Crippen molar-refractivity contribution in [3.63, 3.8) is 0 Å². The van der Waals surface area contributed by atoms with E-state index in [4.69, 9.17) is 21.4 Å². The van der Waals surface area contributed by atoms with Crippen molar-refractivity contribution in [1.29, 1.82) is 0 Å². The average Bonchev–Trinajstić information content (AvgIpc) is 2.36. The van der Waals surface area contributed by atoms with Crippen LogP contribution in [0.1, 0.15) is 35.1 Å². The number of hydrogen-bond donors (Lipinski definition) is 1. The minimum atomic E-state index is -0.858. The first-order valence-corrected chi connectivity index (χ1v) is 6.52. The van der Waals surface area contributed by atoms with Crippen LogP contribution >= 0.6 is 11.6 Å². The molecule has 0 saturated heterocycles. The maximum atomic E-state index is 11.0. The lowest BCUT2D eigenvalue weighted by molar-refractivity contribution is -0.136. The van der Waals surface area contributed by atoms with E-state index in [-0.39, 0.29) is 6.42 Å². The molecule has 98 valence electrons. The summed E-state index contributed by atoms with van der Waals surface area (Å²) < 4.78 is 5.33. The summed E-state index contributed by atoms with van der Waals surface area (Å²) in [5.74, 6) is -0.319. The number of carboxylic acids is 1. The molecule has 18 heavy (non-hydrogen) atoms. The van der Waals surface area contributed by atoms with Crippen LogP contribution in [-0.4, -0.2) is 18.2 Å². The van der Waals surface area contributed by atoms with Crippen LogP contribution in [0.25, 0.3) is 0 Å². The number of carbonyl (C=O) groups is 1. The molecule has 3 nitrogen and oxygen atoms in total. The second kappa shape index (κ2) is 5.19. The molecule has 0 spiro atoms. The second-order valence-electron chi connectivity index (χ2n) is 4.69. The Balaban J connectivity index is 2.64. The average molecular weight is 269 g/mol. The SMILES string of the molecule is COc1c(Cl)c2c(c(C)c1CC(=O)O)CCCC2. The summed E-state index contributed by atoms with van der Waals surface area (Å²) in [6, 6.07) is 0. The van der Waals surface area contributed by atoms with Crippen LogP contribution in [-0.2, 0) is 24.1 Å². The molecule has 0 aliphatic heterocycles. The molecule has 2 rings (SSSR count). The maximum Gasteiger partial charge on any atom is 0.307 e. The van der Waals surface area contributed by atoms with Gasteiger partial charge in [0.2, 0.25) is 0 Å². The van der Waals surface area contributed by atoms with E-state index in [1.54, 1.807) is 7.11 Å². The summed E-state index contributed by atoms with van der Waals surface area (Å²) in [5, 5.41) is 9.61. The van der Waals surface area contributed by atoms with Crippen LogP contribution in [0, 0.1) is 6.92 Å². The largest absolute Gasteiger partial charge is 0.495 e. The molecule has 1 aliphatic rings. The third-order valence-corrected chi connectivity index (χ3v) is 4.04. The highest BCUT2D eigenvalue weighted by Crippen LogP contribution is 2.41. The zero-order valence-corrected chi connectivity index (χ0v) is 11.4. The fraction of sp³-hybridized carbons (Fsp3) is 0.500. The molecule has 0 atom stereocenters. The van der Waals surface area contributed by atoms with Crippen molar-refractivity contribution >= 4 is 17.6 Å². The predicted molar refractivity (Wildman–Crippen MR) is 70.7 cm³/mol. The first-order chi connectivity index (χ1) is 8.56. The van der Waals surface area contributed by atoms with Gasteiger partial charge >= 0.3 is 5.97 Å². The van der Waals surface area contributed by atoms with Gasteiger partial charge in [-0.2, -0.15) is 0 Å². The maximum absolute atomic E-state index is 11.0. The monoisotopic (exact) mass is 268 g/mol. The number of carboxylic acid groups (broad SMARTS) is 1. The highest BCUT2D eigenvalue weighted by molar-refractivity contribution is 6.33. The number of benzene rings is 1. The van der Waals surface area contributed by atoms with Crippen LogP contribution < -0.4 is 4.74 Å². The highest BCUT2D eigenvalue weighted by atomic mass is 35.5. The lowest BCUT2D eigenvalue weighted by Crippen LogP contribution is -2.12. The van der Waals surface area contributed by atoms with Crippen molar-refractivity contribution in [3.05, 3.63) is 27.3 Å². The Bertz CT molecular complexity index is 495. The van der Waals surface area contributed by atoms with Crippen molar-refractivity contribution < 1.29 is 14.6 Å². The zero-order valence-electron chi connectivity index (χ0n) is 10.7. The van der Waals surface area contributed by atoms with Crippen molar-refractivity contribution in [3.8, 4) is 5.75 Å². The van der Waals surface area contributed by atoms with Crippen LogP contribution in [0.4, 0.5) is 0 Å². The molecule has 0 amide bonds. The zero-order chi connectivity index (χ0) is 13.3. The molecule has 0 radical (unpaired) electrons. The highest BCUT2D eigenvalue weighted by Gasteiger charge is 2.24. The minimum absolute atomic E-state index is 0.0397. The second-order valence-corrected chi connectivity index (χ2v) is 5.06. The van der Waals surface area contributed by atoms with Crippen LogP contribution in [0.3, 0.4) is 0 Å². The van der Waals surface area contributed by atoms with E-state index in [0.29, 0.717) is 10.8 Å². The van der Waals surface area contributed by atoms with E-state index in [9.17, 15) is 4.79 Å². The van der Waals surface area contributed by atoms with Gasteiger partial charge in [0.25, 0.3) is 0 Å². The van der Waals surface area contributed by atoms with Crippen molar-refractivity contribution in [2.24, 2.45) is 0 Å². The van der Waals surface area contributed by atoms with Gasteiger partial charge in [0.1, 0.15) is 5.75 Å². The lowest BCUT2D eigenvalue weighted by Gasteiger charge is -2.24. The topological polar surface area (TPSA) is 46.5 Å². The van der Waals surface area contributed by atoms with Gasteiger partial charge in [-0.3, -0.25) is 4.79 Å². The van der Waals surface area contributed by atoms with E-state index in [1.165, 1.54) is 5.56 Å². The fourth-order valence-electron chi connectivity index (χ4n) is 2.76. The molecule has 1 aliphatic carbocycles. The predicted octanol–water partition coefficient (Wildman–Crippen LogP) is 3.16. The summed E-state index contributed by atoms with van der Waals surface area (Å²) in [6.07, 6.45) is 4.18. The van der Waals surface area contributed by atoms with Crippen molar-refractivity contribution in [2.75, 3.05) is 7.11 Å². The van der Waals surface area contributed by atoms with Gasteiger partial charge in [-0.05, 0) is 49.3 Å². The summed E-state index contributed by atoms with van der Waals surface area (Å²) in [4.78, 5) is 11.0. The van der Waals surface area contributed by atoms with E-state index in [1.807, 2.05) is 6.92 Å². The number of halogens is 1. The van der Waals surface area contributed by atoms with Crippen LogP contribution in [0.5, 0.6) is 5.75 Å². The number of rotatable bonds is 3. The quantitative estimate of drug-likeness (QED) is 0.916. The molecule has 4 heteroatoms. The molecule has 0 aromatic heterocycles. The van der Waals surface area contributed by atoms with E-state index < -0.39 is 5.97 Å². The van der Waals surface area contributed by atoms with Crippen LogP contribution in [0.15, 0.2) is 0 Å². The number of fused-ring (bicyclic) bond motifs is 1. The first kappa shape index (κ1) is 13.2. The summed E-state index contributed by atoms with van der Waals surface area (Å²) in [7, 11) is 1.54. The molecule has 0 fully saturated rings. The third-order valence-electron chi connectivity index (χ3n) is 3.64. The fourth-order valence-corrected chi connectivity index (χ4v) is 3.16. The Morgan fingerprint density at radius 1 is 1.33 bits per heavy atom. The lowest BCUT2D eigenvalue weighted by atomic mass is 9.85. The number of hydrogen-bond acceptors (Lipinski definition) is 2. The van der Waals surface area contributed by atoms with Gasteiger partial charge in [-0.15, -0.1) is 0 Å². The van der Waals surface area contributed by atoms with E-state index in [2.05, 4.69) is 0 Å². The van der Waals surface area contributed by atoms with Crippen molar-refractivity contribution in [2.45, 2.75) is 39.0 Å². The Morgan fingerprint density at radius 3 is 2.50 bits per heavy atom. The molecule has 1 N–H and O–H groups in total. The van der Waals surface area contributed by atoms with Gasteiger partial charge in [0, 0.05) is 5.56 Å². The van der Waals surface area contributed by atoms with Crippen molar-refractivity contribution in [1.82, 2.24) is 0 Å². The standard InChI is InChI=1S/C14H17ClO3/c1-8-9-5-3-4-6-10(9)13(15)14(18-2)11(8)7-12(16)17/h3-7H2,1-2H3,(H,16,17). The minimum Gasteiger partial charge on any atom is -0.495 e. The van der Waals surface area contributed by atoms with Gasteiger partial charge in [0.05, 0.1) is 18.6 Å². The molecular weight excluding hydrogens is 252 g/mol. The van der Waals surface area contributed by atoms with E-state index in [0.717, 1.165) is 42.4 Å². The smallest absolute Gasteiger partial charge is 0.307 e. The molecular formula is C14H17ClO3. The third kappa shape index (κ3) is 2.19. The molecule has 0 bridgehead atoms. The number of methoxy groups -OCH3 is 1. The number of ether oxygens (including phenoxy) is 1. The molecule has 1 aromatic carbocycles. The Hall–Kier alpha value is -1.22. The summed E-state index contributed by atoms with van der Waals surface area (Å²) >= 11 is 6.37. The normalized spacial score (nSPS) is 14.2. The Morgan fingerprint density at radius 2 is 1.94 bits per heavy atom. The van der Waals surface area contributed by atoms with Crippen LogP contribution in [0.2, 0.25) is 5.02 Å². The summed E-state index contributed by atoms with van der Waals surface area (Å²) in [6.45, 7) is 1.97. The van der Waals surface area contributed by atoms with Gasteiger partial charge in [-0.1, -0.05) is 11.6 Å². The number of aliphatic carboxylic acids is 1. The Labute approximate surface area is 112 Å². The van der Waals surface area contributed by atoms with Gasteiger partial charge < -0.3 is 9.84 Å². The van der Waals surface area contributed by atoms with E-state index >= 15 is 0 Å². The molecule has 0 heterocycles. The molecule has 0 unspecified atom stereocenters. The van der Waals surface area contributed by atoms with Gasteiger partial charge in [0.15, 0.2) is 0 Å². The Kier molecular flexibility index (Phi) is 3.81.